The van der Waals surface area contributed by atoms with Crippen LogP contribution in [-0.2, 0) is 0 Å². The summed E-state index contributed by atoms with van der Waals surface area (Å²) in [6, 6.07) is 13.1. The highest BCUT2D eigenvalue weighted by Crippen LogP contribution is 2.22. The third-order valence-corrected chi connectivity index (χ3v) is 4.72. The monoisotopic (exact) mass is 417 g/mol. The molecule has 4 N–H and O–H groups in total. The molecule has 0 aromatic heterocycles. The van der Waals surface area contributed by atoms with Crippen molar-refractivity contribution in [2.45, 2.75) is 32.5 Å². The van der Waals surface area contributed by atoms with Gasteiger partial charge in [0.15, 0.2) is 0 Å². The van der Waals surface area contributed by atoms with E-state index in [0.717, 1.165) is 12.0 Å². The van der Waals surface area contributed by atoms with Crippen LogP contribution < -0.4 is 21.5 Å². The summed E-state index contributed by atoms with van der Waals surface area (Å²) in [6.07, 6.45) is 0.615. The first-order valence-electron chi connectivity index (χ1n) is 9.56. The molecule has 1 fully saturated rings. The molecule has 0 aliphatic carbocycles. The van der Waals surface area contributed by atoms with Gasteiger partial charge in [-0.2, -0.15) is 4.99 Å². The van der Waals surface area contributed by atoms with Gasteiger partial charge < -0.3 is 10.6 Å². The zero-order chi connectivity index (χ0) is 20.8. The average molecular weight is 418 g/mol. The van der Waals surface area contributed by atoms with Crippen molar-refractivity contribution in [3.05, 3.63) is 70.5 Å². The number of nitrogens with one attached hydrogen (secondary N) is 4. The molecule has 29 heavy (non-hydrogen) atoms. The van der Waals surface area contributed by atoms with Crippen molar-refractivity contribution in [2.24, 2.45) is 10.9 Å². The summed E-state index contributed by atoms with van der Waals surface area (Å²) >= 11 is 5.96. The molecule has 2 aromatic rings. The van der Waals surface area contributed by atoms with Gasteiger partial charge in [-0.3, -0.25) is 4.79 Å². The molecule has 2 unspecified atom stereocenters. The number of rotatable bonds is 5. The number of nitrogens with zero attached hydrogens (tertiary/aromatic N) is 1. The van der Waals surface area contributed by atoms with Crippen molar-refractivity contribution in [3.63, 3.8) is 0 Å². The van der Waals surface area contributed by atoms with Crippen molar-refractivity contribution in [1.82, 2.24) is 21.5 Å². The zero-order valence-electron chi connectivity index (χ0n) is 16.4. The molecule has 0 spiro atoms. The third kappa shape index (κ3) is 6.25. The van der Waals surface area contributed by atoms with Crippen LogP contribution in [0.4, 0.5) is 4.39 Å². The van der Waals surface area contributed by atoms with Gasteiger partial charge in [-0.25, -0.2) is 15.2 Å². The summed E-state index contributed by atoms with van der Waals surface area (Å²) < 4.78 is 13.1. The number of hydrogen-bond acceptors (Lipinski definition) is 3. The van der Waals surface area contributed by atoms with Crippen molar-refractivity contribution >= 4 is 23.5 Å². The van der Waals surface area contributed by atoms with E-state index in [2.05, 4.69) is 40.3 Å². The molecule has 0 bridgehead atoms. The van der Waals surface area contributed by atoms with E-state index >= 15 is 0 Å². The fourth-order valence-corrected chi connectivity index (χ4v) is 3.04. The maximum Gasteiger partial charge on any atom is 0.280 e. The molecular weight excluding hydrogens is 393 g/mol. The molecule has 3 rings (SSSR count). The van der Waals surface area contributed by atoms with E-state index in [1.54, 1.807) is 0 Å². The molecule has 8 heteroatoms. The fraction of sp³-hybridized carbons (Fsp3) is 0.333. The predicted molar refractivity (Wildman–Crippen MR) is 113 cm³/mol. The maximum absolute atomic E-state index is 13.1. The molecule has 0 saturated carbocycles. The van der Waals surface area contributed by atoms with Crippen LogP contribution in [0.2, 0.25) is 5.02 Å². The minimum atomic E-state index is -0.441. The van der Waals surface area contributed by atoms with Crippen LogP contribution in [0.15, 0.2) is 53.5 Å². The number of benzene rings is 2. The second kappa shape index (κ2) is 9.82. The zero-order valence-corrected chi connectivity index (χ0v) is 17.1. The van der Waals surface area contributed by atoms with Gasteiger partial charge in [0.25, 0.3) is 5.91 Å². The van der Waals surface area contributed by atoms with Crippen LogP contribution in [0, 0.1) is 11.7 Å². The molecule has 1 heterocycles. The van der Waals surface area contributed by atoms with E-state index in [1.807, 2.05) is 24.3 Å². The van der Waals surface area contributed by atoms with E-state index in [9.17, 15) is 9.18 Å². The van der Waals surface area contributed by atoms with Gasteiger partial charge in [-0.15, -0.1) is 0 Å². The molecule has 0 radical (unpaired) electrons. The summed E-state index contributed by atoms with van der Waals surface area (Å²) in [5.74, 6) is -0.0799. The second-order valence-electron chi connectivity index (χ2n) is 7.37. The molecule has 2 aromatic carbocycles. The van der Waals surface area contributed by atoms with Gasteiger partial charge in [0.05, 0.1) is 6.17 Å². The topological polar surface area (TPSA) is 77.5 Å². The fourth-order valence-electron chi connectivity index (χ4n) is 2.91. The first kappa shape index (κ1) is 21.2. The molecule has 6 nitrogen and oxygen atoms in total. The lowest BCUT2D eigenvalue weighted by Gasteiger charge is -2.18. The standard InChI is InChI=1S/C21H25ClFN5O/c1-13(2)12-24-21(26-20(29)15-5-9-17(23)10-6-15)25-19-11-18(27-28-19)14-3-7-16(22)8-4-14/h3-10,13,18-19,27-28H,11-12H2,1-2H3,(H2,24,25,26,29). The van der Waals surface area contributed by atoms with Crippen LogP contribution in [-0.4, -0.2) is 24.6 Å². The maximum atomic E-state index is 13.1. The van der Waals surface area contributed by atoms with Gasteiger partial charge in [0.1, 0.15) is 5.82 Å². The lowest BCUT2D eigenvalue weighted by molar-refractivity contribution is 0.100. The Morgan fingerprint density at radius 2 is 1.86 bits per heavy atom. The van der Waals surface area contributed by atoms with E-state index in [4.69, 9.17) is 11.6 Å². The van der Waals surface area contributed by atoms with Gasteiger partial charge in [-0.05, 0) is 47.9 Å². The van der Waals surface area contributed by atoms with Gasteiger partial charge in [-0.1, -0.05) is 37.6 Å². The van der Waals surface area contributed by atoms with Crippen molar-refractivity contribution in [1.29, 1.82) is 0 Å². The number of guanidine groups is 1. The van der Waals surface area contributed by atoms with E-state index in [1.165, 1.54) is 24.3 Å². The summed E-state index contributed by atoms with van der Waals surface area (Å²) in [5.41, 5.74) is 7.86. The van der Waals surface area contributed by atoms with Gasteiger partial charge in [0.2, 0.25) is 5.96 Å². The second-order valence-corrected chi connectivity index (χ2v) is 7.81. The molecule has 1 amide bonds. The van der Waals surface area contributed by atoms with Crippen molar-refractivity contribution in [2.75, 3.05) is 6.54 Å². The first-order valence-corrected chi connectivity index (χ1v) is 9.94. The Hall–Kier alpha value is -2.48. The average Bonchev–Trinajstić information content (AvgIpc) is 3.15. The van der Waals surface area contributed by atoms with Crippen LogP contribution in [0.25, 0.3) is 0 Å². The van der Waals surface area contributed by atoms with Crippen LogP contribution in [0.3, 0.4) is 0 Å². The first-order chi connectivity index (χ1) is 13.9. The number of hydrogen-bond donors (Lipinski definition) is 4. The largest absolute Gasteiger partial charge is 0.356 e. The lowest BCUT2D eigenvalue weighted by atomic mass is 10.0. The molecular formula is C21H25ClFN5O. The van der Waals surface area contributed by atoms with E-state index in [-0.39, 0.29) is 12.2 Å². The number of carbonyl (C=O) groups excluding carboxylic acids is 1. The van der Waals surface area contributed by atoms with Gasteiger partial charge in [0, 0.05) is 29.6 Å². The summed E-state index contributed by atoms with van der Waals surface area (Å²) in [6.45, 7) is 4.79. The molecule has 154 valence electrons. The quantitative estimate of drug-likeness (QED) is 0.443. The van der Waals surface area contributed by atoms with Crippen LogP contribution in [0.5, 0.6) is 0 Å². The number of amides is 1. The highest BCUT2D eigenvalue weighted by molar-refractivity contribution is 6.30. The summed E-state index contributed by atoms with van der Waals surface area (Å²) in [5, 5.41) is 7.11. The summed E-state index contributed by atoms with van der Waals surface area (Å²) in [7, 11) is 0. The van der Waals surface area contributed by atoms with E-state index in [0.29, 0.717) is 29.0 Å². The Kier molecular flexibility index (Phi) is 7.19. The highest BCUT2D eigenvalue weighted by Gasteiger charge is 2.26. The minimum Gasteiger partial charge on any atom is -0.356 e. The van der Waals surface area contributed by atoms with Crippen molar-refractivity contribution in [3.8, 4) is 0 Å². The number of carbonyl (C=O) groups is 1. The number of hydrazine groups is 1. The Morgan fingerprint density at radius 1 is 1.17 bits per heavy atom. The SMILES string of the molecule is CC(C)CN/C(=N/C(=O)c1ccc(F)cc1)NC1CC(c2ccc(Cl)cc2)NN1. The lowest BCUT2D eigenvalue weighted by Crippen LogP contribution is -2.50. The van der Waals surface area contributed by atoms with Gasteiger partial charge >= 0.3 is 0 Å². The number of halogens is 2. The Morgan fingerprint density at radius 3 is 2.52 bits per heavy atom. The smallest absolute Gasteiger partial charge is 0.280 e. The van der Waals surface area contributed by atoms with Crippen molar-refractivity contribution < 1.29 is 9.18 Å². The summed E-state index contributed by atoms with van der Waals surface area (Å²) in [4.78, 5) is 16.6. The third-order valence-electron chi connectivity index (χ3n) is 4.47. The Bertz CT molecular complexity index is 854. The molecule has 2 atom stereocenters. The molecule has 1 saturated heterocycles. The highest BCUT2D eigenvalue weighted by atomic mass is 35.5. The van der Waals surface area contributed by atoms with Crippen LogP contribution in [0.1, 0.15) is 42.2 Å². The predicted octanol–water partition coefficient (Wildman–Crippen LogP) is 3.38. The number of aliphatic imine (C=N–C) groups is 1. The van der Waals surface area contributed by atoms with E-state index < -0.39 is 11.7 Å². The minimum absolute atomic E-state index is 0.101. The molecule has 1 aliphatic rings. The Balaban J connectivity index is 1.67. The normalized spacial score (nSPS) is 19.4. The molecule has 1 aliphatic heterocycles. The Labute approximate surface area is 174 Å². The van der Waals surface area contributed by atoms with Crippen LogP contribution >= 0.6 is 11.6 Å².